The van der Waals surface area contributed by atoms with Crippen molar-refractivity contribution in [3.05, 3.63) is 12.7 Å². The average Bonchev–Trinajstić information content (AvgIpc) is 2.35. The van der Waals surface area contributed by atoms with Crippen molar-refractivity contribution in [1.29, 1.82) is 0 Å². The fourth-order valence-electron chi connectivity index (χ4n) is 1.74. The van der Waals surface area contributed by atoms with Crippen molar-refractivity contribution in [2.75, 3.05) is 6.61 Å². The molecule has 0 saturated carbocycles. The van der Waals surface area contributed by atoms with Crippen LogP contribution < -0.4 is 5.32 Å². The van der Waals surface area contributed by atoms with Crippen molar-refractivity contribution < 1.29 is 27.8 Å². The molecule has 5 nitrogen and oxygen atoms in total. The van der Waals surface area contributed by atoms with Gasteiger partial charge in [-0.15, -0.1) is 6.58 Å². The Morgan fingerprint density at radius 3 is 2.32 bits per heavy atom. The first kappa shape index (κ1) is 20.3. The van der Waals surface area contributed by atoms with Crippen LogP contribution in [0.2, 0.25) is 0 Å². The van der Waals surface area contributed by atoms with E-state index in [0.29, 0.717) is 6.42 Å². The minimum atomic E-state index is -3.12. The summed E-state index contributed by atoms with van der Waals surface area (Å²) in [5.74, 6) is -1.17. The van der Waals surface area contributed by atoms with Crippen molar-refractivity contribution in [3.8, 4) is 0 Å². The molecule has 0 radical (unpaired) electrons. The molecule has 0 spiro atoms. The molecule has 128 valence electrons. The van der Waals surface area contributed by atoms with E-state index in [-0.39, 0.29) is 19.4 Å². The zero-order valence-corrected chi connectivity index (χ0v) is 13.6. The van der Waals surface area contributed by atoms with Gasteiger partial charge in [0.2, 0.25) is 5.54 Å². The third-order valence-electron chi connectivity index (χ3n) is 2.72. The number of hydrogen-bond donors (Lipinski definition) is 1. The Balaban J connectivity index is 5.29. The van der Waals surface area contributed by atoms with E-state index in [1.54, 1.807) is 26.8 Å². The topological polar surface area (TPSA) is 64.6 Å². The van der Waals surface area contributed by atoms with Crippen molar-refractivity contribution in [3.63, 3.8) is 0 Å². The van der Waals surface area contributed by atoms with Gasteiger partial charge >= 0.3 is 12.1 Å². The van der Waals surface area contributed by atoms with Gasteiger partial charge in [-0.05, 0) is 47.0 Å². The van der Waals surface area contributed by atoms with Gasteiger partial charge < -0.3 is 14.8 Å². The maximum atomic E-state index is 13.6. The maximum Gasteiger partial charge on any atom is 0.408 e. The largest absolute Gasteiger partial charge is 0.464 e. The number of amides is 1. The third-order valence-corrected chi connectivity index (χ3v) is 2.72. The van der Waals surface area contributed by atoms with Gasteiger partial charge in [-0.1, -0.05) is 6.08 Å². The molecule has 1 atom stereocenters. The van der Waals surface area contributed by atoms with E-state index in [1.165, 1.54) is 6.92 Å². The van der Waals surface area contributed by atoms with Crippen molar-refractivity contribution in [2.24, 2.45) is 0 Å². The van der Waals surface area contributed by atoms with Crippen molar-refractivity contribution in [1.82, 2.24) is 5.32 Å². The zero-order valence-electron chi connectivity index (χ0n) is 13.6. The van der Waals surface area contributed by atoms with Crippen LogP contribution in [0.15, 0.2) is 12.7 Å². The number of ether oxygens (including phenoxy) is 2. The predicted octanol–water partition coefficient (Wildman–Crippen LogP) is 3.43. The lowest BCUT2D eigenvalue weighted by atomic mass is 9.93. The van der Waals surface area contributed by atoms with E-state index >= 15 is 0 Å². The first-order valence-electron chi connectivity index (χ1n) is 7.16. The lowest BCUT2D eigenvalue weighted by Gasteiger charge is -2.32. The molecular weight excluding hydrogens is 296 g/mol. The molecule has 7 heteroatoms. The van der Waals surface area contributed by atoms with Crippen LogP contribution >= 0.6 is 0 Å². The monoisotopic (exact) mass is 321 g/mol. The summed E-state index contributed by atoms with van der Waals surface area (Å²) >= 11 is 0. The standard InChI is InChI=1S/C15H25F2NO4/c1-6-8-9-10-15(11(16)17,12(19)21-7-2)18-13(20)22-14(3,4)5/h6,11H,1,7-10H2,2-5H3,(H,18,20). The van der Waals surface area contributed by atoms with Gasteiger partial charge in [0.15, 0.2) is 0 Å². The van der Waals surface area contributed by atoms with Crippen LogP contribution in [0.3, 0.4) is 0 Å². The molecule has 0 aromatic heterocycles. The number of hydrogen-bond acceptors (Lipinski definition) is 4. The Morgan fingerprint density at radius 2 is 1.91 bits per heavy atom. The van der Waals surface area contributed by atoms with Crippen LogP contribution in [-0.4, -0.2) is 36.2 Å². The van der Waals surface area contributed by atoms with E-state index in [4.69, 9.17) is 9.47 Å². The summed E-state index contributed by atoms with van der Waals surface area (Å²) in [6, 6.07) is 0. The van der Waals surface area contributed by atoms with Gasteiger partial charge in [0.05, 0.1) is 6.61 Å². The van der Waals surface area contributed by atoms with Gasteiger partial charge in [0.25, 0.3) is 6.43 Å². The minimum absolute atomic E-state index is 0.0647. The molecule has 0 aliphatic rings. The van der Waals surface area contributed by atoms with Crippen LogP contribution in [0.25, 0.3) is 0 Å². The molecule has 0 aromatic rings. The SMILES string of the molecule is C=CCCCC(NC(=O)OC(C)(C)C)(C(=O)OCC)C(F)F. The van der Waals surface area contributed by atoms with Gasteiger partial charge in [-0.3, -0.25) is 0 Å². The summed E-state index contributed by atoms with van der Waals surface area (Å²) in [5.41, 5.74) is -3.28. The molecule has 0 aromatic carbocycles. The van der Waals surface area contributed by atoms with Crippen LogP contribution in [-0.2, 0) is 14.3 Å². The second kappa shape index (κ2) is 8.70. The molecule has 0 rings (SSSR count). The number of rotatable bonds is 8. The van der Waals surface area contributed by atoms with Crippen LogP contribution in [0, 0.1) is 0 Å². The van der Waals surface area contributed by atoms with Crippen LogP contribution in [0.5, 0.6) is 0 Å². The fraction of sp³-hybridized carbons (Fsp3) is 0.733. The first-order valence-corrected chi connectivity index (χ1v) is 7.16. The zero-order chi connectivity index (χ0) is 17.4. The second-order valence-corrected chi connectivity index (χ2v) is 5.80. The average molecular weight is 321 g/mol. The molecule has 0 aliphatic carbocycles. The number of allylic oxidation sites excluding steroid dienone is 1. The van der Waals surface area contributed by atoms with Crippen molar-refractivity contribution >= 4 is 12.1 Å². The first-order chi connectivity index (χ1) is 10.1. The maximum absolute atomic E-state index is 13.6. The number of nitrogens with one attached hydrogen (secondary N) is 1. The molecule has 0 aliphatic heterocycles. The molecular formula is C15H25F2NO4. The lowest BCUT2D eigenvalue weighted by molar-refractivity contribution is -0.159. The molecule has 22 heavy (non-hydrogen) atoms. The number of halogens is 2. The Labute approximate surface area is 130 Å². The highest BCUT2D eigenvalue weighted by Gasteiger charge is 2.50. The summed E-state index contributed by atoms with van der Waals surface area (Å²) in [7, 11) is 0. The van der Waals surface area contributed by atoms with E-state index in [2.05, 4.69) is 6.58 Å². The summed E-state index contributed by atoms with van der Waals surface area (Å²) in [5, 5.41) is 2.01. The quantitative estimate of drug-likeness (QED) is 0.422. The number of unbranched alkanes of at least 4 members (excludes halogenated alkanes) is 1. The molecule has 0 heterocycles. The Bertz CT molecular complexity index is 393. The number of carbonyl (C=O) groups is 2. The summed E-state index contributed by atoms with van der Waals surface area (Å²) in [6.45, 7) is 9.73. The highest BCUT2D eigenvalue weighted by Crippen LogP contribution is 2.26. The predicted molar refractivity (Wildman–Crippen MR) is 78.8 cm³/mol. The fourth-order valence-corrected chi connectivity index (χ4v) is 1.74. The normalized spacial score (nSPS) is 14.1. The summed E-state index contributed by atoms with van der Waals surface area (Å²) in [6.07, 6.45) is -2.24. The Morgan fingerprint density at radius 1 is 1.32 bits per heavy atom. The minimum Gasteiger partial charge on any atom is -0.464 e. The number of alkyl carbamates (subject to hydrolysis) is 1. The van der Waals surface area contributed by atoms with E-state index in [0.717, 1.165) is 0 Å². The lowest BCUT2D eigenvalue weighted by Crippen LogP contribution is -2.61. The third kappa shape index (κ3) is 6.41. The second-order valence-electron chi connectivity index (χ2n) is 5.80. The van der Waals surface area contributed by atoms with Crippen molar-refractivity contribution in [2.45, 2.75) is 64.5 Å². The number of carbonyl (C=O) groups excluding carboxylic acids is 2. The Hall–Kier alpha value is -1.66. The van der Waals surface area contributed by atoms with Gasteiger partial charge in [0, 0.05) is 0 Å². The highest BCUT2D eigenvalue weighted by atomic mass is 19.3. The molecule has 1 unspecified atom stereocenters. The number of alkyl halides is 2. The molecule has 0 saturated heterocycles. The highest BCUT2D eigenvalue weighted by molar-refractivity contribution is 5.86. The van der Waals surface area contributed by atoms with Gasteiger partial charge in [0.1, 0.15) is 5.60 Å². The van der Waals surface area contributed by atoms with Gasteiger partial charge in [-0.25, -0.2) is 18.4 Å². The van der Waals surface area contributed by atoms with E-state index in [1.807, 2.05) is 5.32 Å². The molecule has 0 fully saturated rings. The molecule has 0 bridgehead atoms. The van der Waals surface area contributed by atoms with E-state index in [9.17, 15) is 18.4 Å². The molecule has 1 N–H and O–H groups in total. The van der Waals surface area contributed by atoms with Crippen LogP contribution in [0.1, 0.15) is 47.0 Å². The summed E-state index contributed by atoms with van der Waals surface area (Å²) < 4.78 is 36.8. The Kier molecular flexibility index (Phi) is 8.05. The molecule has 1 amide bonds. The number of esters is 1. The van der Waals surface area contributed by atoms with Crippen LogP contribution in [0.4, 0.5) is 13.6 Å². The van der Waals surface area contributed by atoms with Gasteiger partial charge in [-0.2, -0.15) is 0 Å². The summed E-state index contributed by atoms with van der Waals surface area (Å²) in [4.78, 5) is 23.8. The van der Waals surface area contributed by atoms with E-state index < -0.39 is 29.6 Å². The smallest absolute Gasteiger partial charge is 0.408 e.